The predicted molar refractivity (Wildman–Crippen MR) is 81.5 cm³/mol. The lowest BCUT2D eigenvalue weighted by atomic mass is 9.73. The zero-order chi connectivity index (χ0) is 18.0. The van der Waals surface area contributed by atoms with E-state index < -0.39 is 53.3 Å². The van der Waals surface area contributed by atoms with Crippen LogP contribution in [0.2, 0.25) is 0 Å². The molecule has 7 unspecified atom stereocenters. The van der Waals surface area contributed by atoms with Gasteiger partial charge < -0.3 is 24.8 Å². The predicted octanol–water partition coefficient (Wildman–Crippen LogP) is -0.161. The molecule has 1 heterocycles. The summed E-state index contributed by atoms with van der Waals surface area (Å²) in [6.07, 6.45) is -1.53. The number of hydrogen-bond donors (Lipinski definition) is 3. The van der Waals surface area contributed by atoms with E-state index in [4.69, 9.17) is 9.47 Å². The van der Waals surface area contributed by atoms with Gasteiger partial charge in [-0.25, -0.2) is 4.79 Å². The smallest absolute Gasteiger partial charge is 0.334 e. The summed E-state index contributed by atoms with van der Waals surface area (Å²) in [5.41, 5.74) is -2.68. The van der Waals surface area contributed by atoms with Crippen LogP contribution in [0.1, 0.15) is 27.2 Å². The van der Waals surface area contributed by atoms with Crippen molar-refractivity contribution in [1.82, 2.24) is 0 Å². The van der Waals surface area contributed by atoms with Crippen LogP contribution < -0.4 is 0 Å². The molecule has 1 saturated carbocycles. The molecule has 1 aliphatic heterocycles. The molecule has 1 saturated heterocycles. The molecule has 7 atom stereocenters. The van der Waals surface area contributed by atoms with Crippen molar-refractivity contribution in [2.75, 3.05) is 0 Å². The van der Waals surface area contributed by atoms with Crippen LogP contribution in [0.15, 0.2) is 23.8 Å². The van der Waals surface area contributed by atoms with E-state index in [0.717, 1.165) is 0 Å². The molecule has 7 heteroatoms. The van der Waals surface area contributed by atoms with Crippen LogP contribution in [-0.2, 0) is 19.1 Å². The summed E-state index contributed by atoms with van der Waals surface area (Å²) in [5.74, 6) is -2.90. The minimum absolute atomic E-state index is 0.104. The number of carbonyl (C=O) groups is 2. The van der Waals surface area contributed by atoms with Gasteiger partial charge in [0.05, 0.1) is 29.1 Å². The van der Waals surface area contributed by atoms with E-state index in [2.05, 4.69) is 6.58 Å². The highest BCUT2D eigenvalue weighted by Gasteiger charge is 2.67. The van der Waals surface area contributed by atoms with E-state index in [-0.39, 0.29) is 12.0 Å². The standard InChI is InChI=1S/C17H22O7/c1-7-5-10(23-9(3)18)12-8(2)15(20)24-13(12)14-16(4,21)11(19)6-17(7,14)22/h5,10-14,19,21-22H,2,6H2,1,3-4H3. The van der Waals surface area contributed by atoms with Gasteiger partial charge in [0.25, 0.3) is 0 Å². The molecule has 0 aromatic heterocycles. The number of aliphatic hydroxyl groups excluding tert-OH is 1. The number of carbonyl (C=O) groups excluding carboxylic acids is 2. The fraction of sp³-hybridized carbons (Fsp3) is 0.647. The maximum atomic E-state index is 12.0. The molecule has 132 valence electrons. The lowest BCUT2D eigenvalue weighted by molar-refractivity contribution is -0.162. The molecule has 3 N–H and O–H groups in total. The second-order valence-corrected chi connectivity index (χ2v) is 7.19. The third-order valence-corrected chi connectivity index (χ3v) is 5.67. The van der Waals surface area contributed by atoms with Crippen molar-refractivity contribution in [1.29, 1.82) is 0 Å². The summed E-state index contributed by atoms with van der Waals surface area (Å²) in [6.45, 7) is 8.03. The SMILES string of the molecule is C=C1C(=O)OC2C1C(OC(C)=O)C=C(C)C1(O)CC(O)C(C)(O)C21. The second kappa shape index (κ2) is 5.15. The van der Waals surface area contributed by atoms with Crippen LogP contribution in [0.25, 0.3) is 0 Å². The van der Waals surface area contributed by atoms with Gasteiger partial charge in [0.15, 0.2) is 0 Å². The van der Waals surface area contributed by atoms with E-state index >= 15 is 0 Å². The van der Waals surface area contributed by atoms with Gasteiger partial charge in [-0.05, 0) is 25.5 Å². The van der Waals surface area contributed by atoms with Gasteiger partial charge >= 0.3 is 11.9 Å². The molecule has 3 rings (SSSR count). The zero-order valence-electron chi connectivity index (χ0n) is 13.9. The lowest BCUT2D eigenvalue weighted by Gasteiger charge is -2.39. The monoisotopic (exact) mass is 338 g/mol. The van der Waals surface area contributed by atoms with Gasteiger partial charge in [0, 0.05) is 18.9 Å². The van der Waals surface area contributed by atoms with E-state index in [1.165, 1.54) is 13.8 Å². The molecule has 0 aromatic rings. The topological polar surface area (TPSA) is 113 Å². The Morgan fingerprint density at radius 3 is 2.67 bits per heavy atom. The molecule has 2 fully saturated rings. The van der Waals surface area contributed by atoms with E-state index in [1.54, 1.807) is 13.0 Å². The number of fused-ring (bicyclic) bond motifs is 3. The van der Waals surface area contributed by atoms with Crippen molar-refractivity contribution in [2.45, 2.75) is 56.7 Å². The highest BCUT2D eigenvalue weighted by atomic mass is 16.6. The van der Waals surface area contributed by atoms with E-state index in [0.29, 0.717) is 5.57 Å². The van der Waals surface area contributed by atoms with Crippen molar-refractivity contribution in [2.24, 2.45) is 11.8 Å². The fourth-order valence-corrected chi connectivity index (χ4v) is 4.39. The largest absolute Gasteiger partial charge is 0.458 e. The molecule has 7 nitrogen and oxygen atoms in total. The van der Waals surface area contributed by atoms with Crippen LogP contribution in [-0.4, -0.2) is 56.8 Å². The molecule has 24 heavy (non-hydrogen) atoms. The third-order valence-electron chi connectivity index (χ3n) is 5.67. The van der Waals surface area contributed by atoms with Gasteiger partial charge in [-0.3, -0.25) is 4.79 Å². The molecule has 0 amide bonds. The van der Waals surface area contributed by atoms with Gasteiger partial charge in [-0.2, -0.15) is 0 Å². The van der Waals surface area contributed by atoms with Crippen LogP contribution in [0.5, 0.6) is 0 Å². The molecule has 0 radical (unpaired) electrons. The summed E-state index contributed by atoms with van der Waals surface area (Å²) in [5, 5.41) is 32.2. The van der Waals surface area contributed by atoms with Gasteiger partial charge in [0.1, 0.15) is 12.2 Å². The zero-order valence-corrected chi connectivity index (χ0v) is 13.9. The number of rotatable bonds is 1. The highest BCUT2D eigenvalue weighted by Crippen LogP contribution is 2.55. The number of aliphatic hydroxyl groups is 3. The van der Waals surface area contributed by atoms with Crippen LogP contribution >= 0.6 is 0 Å². The van der Waals surface area contributed by atoms with Crippen molar-refractivity contribution < 1.29 is 34.4 Å². The minimum atomic E-state index is -1.68. The Bertz CT molecular complexity index is 649. The quantitative estimate of drug-likeness (QED) is 0.346. The Labute approximate surface area is 139 Å². The van der Waals surface area contributed by atoms with Crippen molar-refractivity contribution >= 4 is 11.9 Å². The fourth-order valence-electron chi connectivity index (χ4n) is 4.39. The molecule has 2 aliphatic carbocycles. The number of hydrogen-bond acceptors (Lipinski definition) is 7. The average Bonchev–Trinajstić information content (AvgIpc) is 2.77. The maximum Gasteiger partial charge on any atom is 0.334 e. The Morgan fingerprint density at radius 1 is 1.46 bits per heavy atom. The average molecular weight is 338 g/mol. The first kappa shape index (κ1) is 17.1. The summed E-state index contributed by atoms with van der Waals surface area (Å²) in [4.78, 5) is 23.5. The first-order valence-corrected chi connectivity index (χ1v) is 7.89. The Morgan fingerprint density at radius 2 is 2.08 bits per heavy atom. The molecule has 0 aromatic carbocycles. The molecule has 0 bridgehead atoms. The van der Waals surface area contributed by atoms with Crippen molar-refractivity contribution in [3.05, 3.63) is 23.8 Å². The minimum Gasteiger partial charge on any atom is -0.458 e. The van der Waals surface area contributed by atoms with E-state index in [1.807, 2.05) is 0 Å². The second-order valence-electron chi connectivity index (χ2n) is 7.19. The Hall–Kier alpha value is -1.70. The molecular formula is C17H22O7. The summed E-state index contributed by atoms with van der Waals surface area (Å²) >= 11 is 0. The van der Waals surface area contributed by atoms with Crippen LogP contribution in [0.4, 0.5) is 0 Å². The highest BCUT2D eigenvalue weighted by molar-refractivity contribution is 5.91. The molecule has 3 aliphatic rings. The van der Waals surface area contributed by atoms with Crippen LogP contribution in [0, 0.1) is 11.8 Å². The Kier molecular flexibility index (Phi) is 3.67. The van der Waals surface area contributed by atoms with E-state index in [9.17, 15) is 24.9 Å². The summed E-state index contributed by atoms with van der Waals surface area (Å²) < 4.78 is 10.7. The van der Waals surface area contributed by atoms with Crippen molar-refractivity contribution in [3.8, 4) is 0 Å². The number of esters is 2. The lowest BCUT2D eigenvalue weighted by Crippen LogP contribution is -2.53. The maximum absolute atomic E-state index is 12.0. The first-order valence-electron chi connectivity index (χ1n) is 7.89. The number of ether oxygens (including phenoxy) is 2. The summed E-state index contributed by atoms with van der Waals surface area (Å²) in [7, 11) is 0. The Balaban J connectivity index is 2.17. The third kappa shape index (κ3) is 2.15. The van der Waals surface area contributed by atoms with Gasteiger partial charge in [-0.15, -0.1) is 0 Å². The summed E-state index contributed by atoms with van der Waals surface area (Å²) in [6, 6.07) is 0. The van der Waals surface area contributed by atoms with Crippen LogP contribution in [0.3, 0.4) is 0 Å². The molecule has 0 spiro atoms. The first-order chi connectivity index (χ1) is 11.0. The normalized spacial score (nSPS) is 47.4. The van der Waals surface area contributed by atoms with Crippen molar-refractivity contribution in [3.63, 3.8) is 0 Å². The molecular weight excluding hydrogens is 316 g/mol. The van der Waals surface area contributed by atoms with Gasteiger partial charge in [-0.1, -0.05) is 6.58 Å². The van der Waals surface area contributed by atoms with Gasteiger partial charge in [0.2, 0.25) is 0 Å².